The summed E-state index contributed by atoms with van der Waals surface area (Å²) in [5, 5.41) is 8.81. The van der Waals surface area contributed by atoms with Crippen LogP contribution in [0.3, 0.4) is 0 Å². The van der Waals surface area contributed by atoms with Crippen molar-refractivity contribution in [3.63, 3.8) is 0 Å². The molecule has 0 N–H and O–H groups in total. The molecule has 0 saturated carbocycles. The van der Waals surface area contributed by atoms with E-state index < -0.39 is 40.9 Å². The van der Waals surface area contributed by atoms with Gasteiger partial charge in [0, 0.05) is 0 Å². The molecule has 0 amide bonds. The van der Waals surface area contributed by atoms with E-state index in [9.17, 15) is 31.1 Å². The molecule has 0 radical (unpaired) electrons. The smallest absolute Gasteiger partial charge is 0.462 e. The van der Waals surface area contributed by atoms with Crippen LogP contribution in [0.5, 0.6) is 5.75 Å². The summed E-state index contributed by atoms with van der Waals surface area (Å²) in [6.07, 6.45) is -10.3. The van der Waals surface area contributed by atoms with Gasteiger partial charge in [0.1, 0.15) is 17.4 Å². The lowest BCUT2D eigenvalue weighted by Crippen LogP contribution is -2.21. The third kappa shape index (κ3) is 4.03. The Morgan fingerprint density at radius 1 is 1.23 bits per heavy atom. The Balaban J connectivity index is 3.61. The molecule has 0 atom stereocenters. The van der Waals surface area contributed by atoms with Gasteiger partial charge in [0.05, 0.1) is 17.7 Å². The highest BCUT2D eigenvalue weighted by Gasteiger charge is 2.39. The van der Waals surface area contributed by atoms with E-state index >= 15 is 0 Å². The van der Waals surface area contributed by atoms with E-state index in [4.69, 9.17) is 5.26 Å². The molecule has 0 aliphatic heterocycles. The Hall–Kier alpha value is -2.44. The van der Waals surface area contributed by atoms with E-state index in [1.165, 1.54) is 6.92 Å². The zero-order valence-electron chi connectivity index (χ0n) is 10.8. The fourth-order valence-corrected chi connectivity index (χ4v) is 1.55. The van der Waals surface area contributed by atoms with Crippen LogP contribution in [-0.4, -0.2) is 18.9 Å². The van der Waals surface area contributed by atoms with Crippen molar-refractivity contribution in [3.8, 4) is 11.8 Å². The zero-order valence-corrected chi connectivity index (χ0v) is 10.8. The molecule has 0 aliphatic carbocycles. The van der Waals surface area contributed by atoms with Crippen LogP contribution in [0, 0.1) is 11.3 Å². The number of esters is 1. The Labute approximate surface area is 119 Å². The monoisotopic (exact) mass is 327 g/mol. The van der Waals surface area contributed by atoms with E-state index in [0.717, 1.165) is 6.07 Å². The normalized spacial score (nSPS) is 11.7. The molecule has 10 heteroatoms. The predicted molar refractivity (Wildman–Crippen MR) is 58.8 cm³/mol. The van der Waals surface area contributed by atoms with Gasteiger partial charge in [-0.2, -0.15) is 18.4 Å². The van der Waals surface area contributed by atoms with E-state index in [2.05, 4.69) is 9.47 Å². The molecular weight excluding hydrogens is 320 g/mol. The highest BCUT2D eigenvalue weighted by molar-refractivity contribution is 5.96. The largest absolute Gasteiger partial charge is 0.573 e. The Morgan fingerprint density at radius 3 is 2.23 bits per heavy atom. The standard InChI is InChI=1S/C12H7F6NO3/c1-2-21-10(20)9-6(5-19)7(11(13,14)15)3-4-8(9)22-12(16,17)18/h3-4H,2H2,1H3. The maximum absolute atomic E-state index is 12.8. The molecule has 1 rings (SSSR count). The summed E-state index contributed by atoms with van der Waals surface area (Å²) >= 11 is 0. The van der Waals surface area contributed by atoms with Gasteiger partial charge < -0.3 is 9.47 Å². The molecule has 22 heavy (non-hydrogen) atoms. The van der Waals surface area contributed by atoms with Gasteiger partial charge in [-0.1, -0.05) is 0 Å². The lowest BCUT2D eigenvalue weighted by Gasteiger charge is -2.16. The van der Waals surface area contributed by atoms with Crippen molar-refractivity contribution >= 4 is 5.97 Å². The molecule has 1 aromatic rings. The van der Waals surface area contributed by atoms with Crippen molar-refractivity contribution in [1.29, 1.82) is 5.26 Å². The molecule has 1 aromatic carbocycles. The van der Waals surface area contributed by atoms with Crippen LogP contribution in [0.1, 0.15) is 28.4 Å². The molecule has 0 bridgehead atoms. The molecule has 0 heterocycles. The second-order valence-electron chi connectivity index (χ2n) is 3.74. The maximum atomic E-state index is 12.8. The number of alkyl halides is 6. The van der Waals surface area contributed by atoms with Crippen LogP contribution in [0.25, 0.3) is 0 Å². The van der Waals surface area contributed by atoms with Gasteiger partial charge in [0.15, 0.2) is 0 Å². The third-order valence-electron chi connectivity index (χ3n) is 2.29. The molecule has 0 spiro atoms. The molecule has 0 aromatic heterocycles. The number of benzene rings is 1. The van der Waals surface area contributed by atoms with E-state index in [0.29, 0.717) is 6.07 Å². The minimum atomic E-state index is -5.26. The number of nitriles is 1. The van der Waals surface area contributed by atoms with Crippen molar-refractivity contribution in [3.05, 3.63) is 28.8 Å². The average molecular weight is 327 g/mol. The molecule has 0 fully saturated rings. The van der Waals surface area contributed by atoms with E-state index in [-0.39, 0.29) is 12.7 Å². The SMILES string of the molecule is CCOC(=O)c1c(OC(F)(F)F)ccc(C(F)(F)F)c1C#N. The quantitative estimate of drug-likeness (QED) is 0.628. The summed E-state index contributed by atoms with van der Waals surface area (Å²) in [6.45, 7) is 0.979. The number of ether oxygens (including phenoxy) is 2. The third-order valence-corrected chi connectivity index (χ3v) is 2.29. The number of rotatable bonds is 3. The van der Waals surface area contributed by atoms with Crippen LogP contribution in [0.15, 0.2) is 12.1 Å². The molecule has 120 valence electrons. The van der Waals surface area contributed by atoms with Gasteiger partial charge >= 0.3 is 18.5 Å². The van der Waals surface area contributed by atoms with Gasteiger partial charge in [0.2, 0.25) is 0 Å². The van der Waals surface area contributed by atoms with Crippen LogP contribution in [0.2, 0.25) is 0 Å². The van der Waals surface area contributed by atoms with Crippen molar-refractivity contribution in [2.24, 2.45) is 0 Å². The van der Waals surface area contributed by atoms with Gasteiger partial charge in [-0.05, 0) is 19.1 Å². The van der Waals surface area contributed by atoms with Crippen molar-refractivity contribution < 1.29 is 40.6 Å². The molecule has 0 aliphatic rings. The van der Waals surface area contributed by atoms with Crippen LogP contribution in [0.4, 0.5) is 26.3 Å². The van der Waals surface area contributed by atoms with Gasteiger partial charge in [-0.25, -0.2) is 4.79 Å². The summed E-state index contributed by atoms with van der Waals surface area (Å²) in [6, 6.07) is 1.60. The van der Waals surface area contributed by atoms with Gasteiger partial charge in [0.25, 0.3) is 0 Å². The average Bonchev–Trinajstić information content (AvgIpc) is 2.34. The number of nitrogens with zero attached hydrogens (tertiary/aromatic N) is 1. The van der Waals surface area contributed by atoms with Crippen LogP contribution >= 0.6 is 0 Å². The molecule has 4 nitrogen and oxygen atoms in total. The molecule has 0 saturated heterocycles. The number of carbonyl (C=O) groups is 1. The van der Waals surface area contributed by atoms with Crippen LogP contribution < -0.4 is 4.74 Å². The first kappa shape index (κ1) is 17.6. The first-order chi connectivity index (χ1) is 10.0. The van der Waals surface area contributed by atoms with Gasteiger partial charge in [-0.3, -0.25) is 0 Å². The fraction of sp³-hybridized carbons (Fsp3) is 0.333. The Kier molecular flexibility index (Phi) is 4.91. The summed E-state index contributed by atoms with van der Waals surface area (Å²) in [7, 11) is 0. The summed E-state index contributed by atoms with van der Waals surface area (Å²) < 4.78 is 83.0. The lowest BCUT2D eigenvalue weighted by atomic mass is 10.0. The summed E-state index contributed by atoms with van der Waals surface area (Å²) in [4.78, 5) is 11.6. The van der Waals surface area contributed by atoms with Crippen molar-refractivity contribution in [1.82, 2.24) is 0 Å². The number of hydrogen-bond donors (Lipinski definition) is 0. The topological polar surface area (TPSA) is 59.3 Å². The highest BCUT2D eigenvalue weighted by Crippen LogP contribution is 2.38. The second-order valence-corrected chi connectivity index (χ2v) is 3.74. The highest BCUT2D eigenvalue weighted by atomic mass is 19.4. The minimum Gasteiger partial charge on any atom is -0.462 e. The van der Waals surface area contributed by atoms with Crippen molar-refractivity contribution in [2.45, 2.75) is 19.5 Å². The first-order valence-corrected chi connectivity index (χ1v) is 5.58. The zero-order chi connectivity index (χ0) is 17.1. The number of carbonyl (C=O) groups excluding carboxylic acids is 1. The van der Waals surface area contributed by atoms with Crippen LogP contribution in [-0.2, 0) is 10.9 Å². The summed E-state index contributed by atoms with van der Waals surface area (Å²) in [5.41, 5.74) is -4.09. The minimum absolute atomic E-state index is 0.225. The summed E-state index contributed by atoms with van der Waals surface area (Å²) in [5.74, 6) is -2.76. The van der Waals surface area contributed by atoms with Gasteiger partial charge in [-0.15, -0.1) is 13.2 Å². The maximum Gasteiger partial charge on any atom is 0.573 e. The lowest BCUT2D eigenvalue weighted by molar-refractivity contribution is -0.274. The Morgan fingerprint density at radius 2 is 1.82 bits per heavy atom. The van der Waals surface area contributed by atoms with Crippen molar-refractivity contribution in [2.75, 3.05) is 6.61 Å². The number of halogens is 6. The first-order valence-electron chi connectivity index (χ1n) is 5.58. The second kappa shape index (κ2) is 6.13. The number of hydrogen-bond acceptors (Lipinski definition) is 4. The van der Waals surface area contributed by atoms with E-state index in [1.807, 2.05) is 0 Å². The molecular formula is C12H7F6NO3. The van der Waals surface area contributed by atoms with E-state index in [1.54, 1.807) is 0 Å². The Bertz CT molecular complexity index is 615. The molecule has 0 unspecified atom stereocenters. The fourth-order valence-electron chi connectivity index (χ4n) is 1.55. The predicted octanol–water partition coefficient (Wildman–Crippen LogP) is 3.65.